The van der Waals surface area contributed by atoms with E-state index in [0.29, 0.717) is 11.1 Å². The number of thiophene rings is 1. The number of thioether (sulfide) groups is 1. The highest BCUT2D eigenvalue weighted by molar-refractivity contribution is 8.14. The number of rotatable bonds is 4. The molecule has 22 heavy (non-hydrogen) atoms. The predicted octanol–water partition coefficient (Wildman–Crippen LogP) is 4.39. The van der Waals surface area contributed by atoms with Gasteiger partial charge in [-0.3, -0.25) is 0 Å². The summed E-state index contributed by atoms with van der Waals surface area (Å²) in [5.74, 6) is 0.460. The summed E-state index contributed by atoms with van der Waals surface area (Å²) < 4.78 is 28.5. The molecule has 0 saturated carbocycles. The van der Waals surface area contributed by atoms with Crippen LogP contribution in [0.2, 0.25) is 0 Å². The average molecular weight is 355 g/mol. The first-order valence-corrected chi connectivity index (χ1v) is 10.3. The van der Waals surface area contributed by atoms with Crippen molar-refractivity contribution >= 4 is 44.0 Å². The van der Waals surface area contributed by atoms with Crippen LogP contribution in [0.15, 0.2) is 50.4 Å². The van der Waals surface area contributed by atoms with E-state index in [4.69, 9.17) is 0 Å². The summed E-state index contributed by atoms with van der Waals surface area (Å²) in [5, 5.41) is 5.13. The van der Waals surface area contributed by atoms with E-state index in [2.05, 4.69) is 23.6 Å². The third-order valence-corrected chi connectivity index (χ3v) is 6.32. The average Bonchev–Trinajstić information content (AvgIpc) is 3.02. The topological polar surface area (TPSA) is 58.5 Å². The van der Waals surface area contributed by atoms with Crippen LogP contribution in [0.5, 0.6) is 0 Å². The second-order valence-electron chi connectivity index (χ2n) is 4.91. The Labute approximate surface area is 139 Å². The molecule has 1 N–H and O–H groups in total. The largest absolute Gasteiger partial charge is 0.334 e. The van der Waals surface area contributed by atoms with Gasteiger partial charge in [-0.1, -0.05) is 43.8 Å². The number of nitrogens with zero attached hydrogens (tertiary/aromatic N) is 1. The fourth-order valence-corrected chi connectivity index (χ4v) is 4.38. The van der Waals surface area contributed by atoms with Crippen molar-refractivity contribution in [2.75, 3.05) is 11.6 Å². The Morgan fingerprint density at radius 2 is 1.91 bits per heavy atom. The Balaban J connectivity index is 2.20. The number of hydrogen-bond donors (Lipinski definition) is 1. The van der Waals surface area contributed by atoms with Gasteiger partial charge in [-0.15, -0.1) is 15.7 Å². The van der Waals surface area contributed by atoms with Crippen LogP contribution in [-0.4, -0.2) is 19.8 Å². The molecule has 0 fully saturated rings. The maximum Gasteiger partial charge on any atom is 0.294 e. The van der Waals surface area contributed by atoms with Gasteiger partial charge < -0.3 is 5.32 Å². The molecule has 1 aromatic heterocycles. The van der Waals surface area contributed by atoms with Gasteiger partial charge in [-0.25, -0.2) is 0 Å². The number of amidine groups is 1. The van der Waals surface area contributed by atoms with Crippen molar-refractivity contribution in [1.82, 2.24) is 0 Å². The van der Waals surface area contributed by atoms with Gasteiger partial charge in [-0.05, 0) is 41.3 Å². The first-order valence-electron chi connectivity index (χ1n) is 6.72. The summed E-state index contributed by atoms with van der Waals surface area (Å²) in [6.07, 6.45) is 1.79. The third kappa shape index (κ3) is 4.34. The molecule has 0 spiro atoms. The SMILES string of the molecule is CS/C(=N\S(=O)(=O)c1cccs1)Nc1ccc(C(C)C)cc1. The predicted molar refractivity (Wildman–Crippen MR) is 96.6 cm³/mol. The van der Waals surface area contributed by atoms with Crippen LogP contribution in [0.4, 0.5) is 5.69 Å². The van der Waals surface area contributed by atoms with Crippen LogP contribution in [0.3, 0.4) is 0 Å². The molecule has 0 atom stereocenters. The lowest BCUT2D eigenvalue weighted by molar-refractivity contribution is 0.600. The highest BCUT2D eigenvalue weighted by Gasteiger charge is 2.15. The van der Waals surface area contributed by atoms with E-state index in [1.807, 2.05) is 24.3 Å². The van der Waals surface area contributed by atoms with Gasteiger partial charge in [0, 0.05) is 5.69 Å². The molecular formula is C15H18N2O2S3. The van der Waals surface area contributed by atoms with E-state index < -0.39 is 10.0 Å². The van der Waals surface area contributed by atoms with Crippen LogP contribution >= 0.6 is 23.1 Å². The van der Waals surface area contributed by atoms with Crippen molar-refractivity contribution < 1.29 is 8.42 Å². The van der Waals surface area contributed by atoms with Gasteiger partial charge in [0.15, 0.2) is 5.17 Å². The molecule has 1 aromatic carbocycles. The van der Waals surface area contributed by atoms with Crippen molar-refractivity contribution in [1.29, 1.82) is 0 Å². The van der Waals surface area contributed by atoms with Gasteiger partial charge in [0.05, 0.1) is 0 Å². The fraction of sp³-hybridized carbons (Fsp3) is 0.267. The van der Waals surface area contributed by atoms with Crippen molar-refractivity contribution in [3.8, 4) is 0 Å². The Bertz CT molecular complexity index is 734. The number of nitrogens with one attached hydrogen (secondary N) is 1. The van der Waals surface area contributed by atoms with Crippen LogP contribution in [0, 0.1) is 0 Å². The summed E-state index contributed by atoms with van der Waals surface area (Å²) >= 11 is 2.43. The molecule has 1 heterocycles. The molecule has 0 radical (unpaired) electrons. The lowest BCUT2D eigenvalue weighted by atomic mass is 10.0. The standard InChI is InChI=1S/C15H18N2O2S3/c1-11(2)12-6-8-13(9-7-12)16-15(20-3)17-22(18,19)14-5-4-10-21-14/h4-11H,1-3H3,(H,16,17). The van der Waals surface area contributed by atoms with Crippen LogP contribution in [0.25, 0.3) is 0 Å². The van der Waals surface area contributed by atoms with E-state index >= 15 is 0 Å². The quantitative estimate of drug-likeness (QED) is 0.653. The number of anilines is 1. The van der Waals surface area contributed by atoms with Gasteiger partial charge in [-0.2, -0.15) is 8.42 Å². The zero-order chi connectivity index (χ0) is 16.2. The second kappa shape index (κ2) is 7.30. The summed E-state index contributed by atoms with van der Waals surface area (Å²) in [6, 6.07) is 11.2. The number of benzene rings is 1. The van der Waals surface area contributed by atoms with Crippen LogP contribution in [-0.2, 0) is 10.0 Å². The van der Waals surface area contributed by atoms with Gasteiger partial charge in [0.1, 0.15) is 4.21 Å². The summed E-state index contributed by atoms with van der Waals surface area (Å²) in [7, 11) is -3.65. The van der Waals surface area contributed by atoms with Crippen LogP contribution in [0.1, 0.15) is 25.3 Å². The Morgan fingerprint density at radius 1 is 1.23 bits per heavy atom. The van der Waals surface area contributed by atoms with Crippen molar-refractivity contribution in [3.63, 3.8) is 0 Å². The molecule has 2 aromatic rings. The summed E-state index contributed by atoms with van der Waals surface area (Å²) in [5.41, 5.74) is 2.05. The maximum atomic E-state index is 12.2. The molecule has 2 rings (SSSR count). The minimum atomic E-state index is -3.65. The zero-order valence-corrected chi connectivity index (χ0v) is 15.1. The van der Waals surface area contributed by atoms with Crippen molar-refractivity contribution in [2.45, 2.75) is 24.0 Å². The molecule has 0 aliphatic heterocycles. The van der Waals surface area contributed by atoms with E-state index in [-0.39, 0.29) is 4.21 Å². The van der Waals surface area contributed by atoms with E-state index in [0.717, 1.165) is 17.0 Å². The molecule has 0 aliphatic rings. The fourth-order valence-electron chi connectivity index (χ4n) is 1.75. The molecular weight excluding hydrogens is 336 g/mol. The first kappa shape index (κ1) is 17.1. The number of hydrogen-bond acceptors (Lipinski definition) is 4. The maximum absolute atomic E-state index is 12.2. The molecule has 0 amide bonds. The minimum absolute atomic E-state index is 0.246. The smallest absolute Gasteiger partial charge is 0.294 e. The summed E-state index contributed by atoms with van der Waals surface area (Å²) in [6.45, 7) is 4.26. The molecule has 118 valence electrons. The van der Waals surface area contributed by atoms with Crippen LogP contribution < -0.4 is 5.32 Å². The highest BCUT2D eigenvalue weighted by Crippen LogP contribution is 2.21. The van der Waals surface area contributed by atoms with Gasteiger partial charge in [0.25, 0.3) is 10.0 Å². The zero-order valence-electron chi connectivity index (χ0n) is 12.6. The third-order valence-electron chi connectivity index (χ3n) is 2.97. The van der Waals surface area contributed by atoms with E-state index in [9.17, 15) is 8.42 Å². The van der Waals surface area contributed by atoms with Crippen molar-refractivity contribution in [2.24, 2.45) is 4.40 Å². The molecule has 0 aliphatic carbocycles. The Kier molecular flexibility index (Phi) is 5.66. The molecule has 4 nitrogen and oxygen atoms in total. The minimum Gasteiger partial charge on any atom is -0.334 e. The lowest BCUT2D eigenvalue weighted by Gasteiger charge is -2.09. The van der Waals surface area contributed by atoms with E-state index in [1.165, 1.54) is 17.3 Å². The van der Waals surface area contributed by atoms with E-state index in [1.54, 1.807) is 23.8 Å². The number of sulfonamides is 1. The van der Waals surface area contributed by atoms with Crippen molar-refractivity contribution in [3.05, 3.63) is 47.3 Å². The molecule has 0 saturated heterocycles. The molecule has 0 bridgehead atoms. The summed E-state index contributed by atoms with van der Waals surface area (Å²) in [4.78, 5) is 0. The monoisotopic (exact) mass is 354 g/mol. The Hall–Kier alpha value is -1.31. The Morgan fingerprint density at radius 3 is 2.41 bits per heavy atom. The lowest BCUT2D eigenvalue weighted by Crippen LogP contribution is -2.10. The first-order chi connectivity index (χ1) is 10.4. The highest BCUT2D eigenvalue weighted by atomic mass is 32.2. The second-order valence-corrected chi connectivity index (χ2v) is 8.48. The van der Waals surface area contributed by atoms with Gasteiger partial charge >= 0.3 is 0 Å². The molecule has 0 unspecified atom stereocenters. The van der Waals surface area contributed by atoms with Gasteiger partial charge in [0.2, 0.25) is 0 Å². The molecule has 7 heteroatoms. The normalized spacial score (nSPS) is 12.6.